The summed E-state index contributed by atoms with van der Waals surface area (Å²) in [7, 11) is 0. The summed E-state index contributed by atoms with van der Waals surface area (Å²) in [6, 6.07) is 0.135. The minimum absolute atomic E-state index is 0.135. The van der Waals surface area contributed by atoms with Crippen LogP contribution in [0.15, 0.2) is 12.2 Å². The zero-order chi connectivity index (χ0) is 12.0. The number of hydrogen-bond donors (Lipinski definition) is 1. The Morgan fingerprint density at radius 3 is 2.75 bits per heavy atom. The smallest absolute Gasteiger partial charge is 0.407 e. The van der Waals surface area contributed by atoms with Crippen LogP contribution in [0.5, 0.6) is 0 Å². The molecule has 16 heavy (non-hydrogen) atoms. The lowest BCUT2D eigenvalue weighted by atomic mass is 9.76. The van der Waals surface area contributed by atoms with E-state index in [-0.39, 0.29) is 17.6 Å². The fraction of sp³-hybridized carbons (Fsp3) is 0.769. The van der Waals surface area contributed by atoms with Gasteiger partial charge in [-0.1, -0.05) is 19.1 Å². The first-order valence-corrected chi connectivity index (χ1v) is 6.16. The molecule has 3 heteroatoms. The van der Waals surface area contributed by atoms with Crippen molar-refractivity contribution in [2.45, 2.75) is 52.5 Å². The summed E-state index contributed by atoms with van der Waals surface area (Å²) in [6.07, 6.45) is 8.43. The van der Waals surface area contributed by atoms with Crippen molar-refractivity contribution < 1.29 is 9.53 Å². The summed E-state index contributed by atoms with van der Waals surface area (Å²) in [5.41, 5.74) is 0.170. The van der Waals surface area contributed by atoms with Crippen molar-refractivity contribution in [1.29, 1.82) is 0 Å². The Balaban J connectivity index is 2.39. The molecule has 1 N–H and O–H groups in total. The fourth-order valence-electron chi connectivity index (χ4n) is 1.99. The Bertz CT molecular complexity index is 261. The molecule has 3 nitrogen and oxygen atoms in total. The van der Waals surface area contributed by atoms with Crippen molar-refractivity contribution in [2.24, 2.45) is 5.41 Å². The molecule has 1 amide bonds. The molecular weight excluding hydrogens is 202 g/mol. The van der Waals surface area contributed by atoms with E-state index in [2.05, 4.69) is 24.4 Å². The normalized spacial score (nSPS) is 24.5. The lowest BCUT2D eigenvalue weighted by Gasteiger charge is -2.33. The highest BCUT2D eigenvalue weighted by molar-refractivity contribution is 5.67. The van der Waals surface area contributed by atoms with Crippen molar-refractivity contribution in [3.8, 4) is 0 Å². The number of carbonyl (C=O) groups excluding carboxylic acids is 1. The van der Waals surface area contributed by atoms with Gasteiger partial charge in [-0.15, -0.1) is 0 Å². The van der Waals surface area contributed by atoms with E-state index in [1.54, 1.807) is 0 Å². The molecule has 0 aromatic carbocycles. The van der Waals surface area contributed by atoms with Gasteiger partial charge in [-0.2, -0.15) is 0 Å². The van der Waals surface area contributed by atoms with Crippen molar-refractivity contribution >= 4 is 6.09 Å². The highest BCUT2D eigenvalue weighted by atomic mass is 16.5. The topological polar surface area (TPSA) is 38.3 Å². The minimum atomic E-state index is -0.294. The molecule has 0 fully saturated rings. The molecule has 1 atom stereocenters. The third-order valence-electron chi connectivity index (χ3n) is 3.22. The van der Waals surface area contributed by atoms with Crippen LogP contribution in [0.2, 0.25) is 0 Å². The van der Waals surface area contributed by atoms with E-state index in [1.807, 2.05) is 13.8 Å². The lowest BCUT2D eigenvalue weighted by molar-refractivity contribution is 0.0708. The maximum atomic E-state index is 11.4. The number of amides is 1. The van der Waals surface area contributed by atoms with E-state index in [9.17, 15) is 4.79 Å². The molecular formula is C13H23NO2. The number of alkyl carbamates (subject to hydrolysis) is 1. The molecule has 0 bridgehead atoms. The van der Waals surface area contributed by atoms with Crippen LogP contribution >= 0.6 is 0 Å². The van der Waals surface area contributed by atoms with Crippen LogP contribution in [0.3, 0.4) is 0 Å². The predicted molar refractivity (Wildman–Crippen MR) is 65.3 cm³/mol. The van der Waals surface area contributed by atoms with Crippen molar-refractivity contribution in [2.75, 3.05) is 6.61 Å². The van der Waals surface area contributed by atoms with E-state index in [0.717, 1.165) is 25.7 Å². The maximum absolute atomic E-state index is 11.4. The highest BCUT2D eigenvalue weighted by Gasteiger charge is 2.29. The fourth-order valence-corrected chi connectivity index (χ4v) is 1.99. The summed E-state index contributed by atoms with van der Waals surface area (Å²) in [5, 5.41) is 2.74. The molecule has 1 aliphatic rings. The van der Waals surface area contributed by atoms with Crippen molar-refractivity contribution in [1.82, 2.24) is 5.32 Å². The quantitative estimate of drug-likeness (QED) is 0.746. The molecule has 0 saturated carbocycles. The molecule has 1 unspecified atom stereocenters. The zero-order valence-electron chi connectivity index (χ0n) is 10.6. The second-order valence-electron chi connectivity index (χ2n) is 4.94. The molecule has 1 rings (SSSR count). The second kappa shape index (κ2) is 5.92. The molecule has 0 aromatic rings. The average Bonchev–Trinajstić information content (AvgIpc) is 2.27. The first kappa shape index (κ1) is 13.1. The van der Waals surface area contributed by atoms with Gasteiger partial charge >= 0.3 is 6.09 Å². The highest BCUT2D eigenvalue weighted by Crippen LogP contribution is 2.36. The molecule has 1 aliphatic carbocycles. The van der Waals surface area contributed by atoms with Gasteiger partial charge in [0.25, 0.3) is 0 Å². The van der Waals surface area contributed by atoms with Crippen LogP contribution in [0.25, 0.3) is 0 Å². The third-order valence-corrected chi connectivity index (χ3v) is 3.22. The van der Waals surface area contributed by atoms with Crippen LogP contribution in [-0.2, 0) is 4.74 Å². The summed E-state index contributed by atoms with van der Waals surface area (Å²) >= 11 is 0. The first-order chi connectivity index (χ1) is 7.58. The predicted octanol–water partition coefficient (Wildman–Crippen LogP) is 3.26. The second-order valence-corrected chi connectivity index (χ2v) is 4.94. The Morgan fingerprint density at radius 2 is 2.25 bits per heavy atom. The van der Waals surface area contributed by atoms with Gasteiger partial charge in [0.2, 0.25) is 0 Å². The van der Waals surface area contributed by atoms with Gasteiger partial charge in [-0.05, 0) is 39.5 Å². The van der Waals surface area contributed by atoms with E-state index >= 15 is 0 Å². The van der Waals surface area contributed by atoms with Crippen LogP contribution in [0.1, 0.15) is 46.5 Å². The van der Waals surface area contributed by atoms with Crippen LogP contribution in [0.4, 0.5) is 4.79 Å². The van der Waals surface area contributed by atoms with Crippen LogP contribution in [-0.4, -0.2) is 18.7 Å². The Morgan fingerprint density at radius 1 is 1.50 bits per heavy atom. The monoisotopic (exact) mass is 225 g/mol. The van der Waals surface area contributed by atoms with Gasteiger partial charge in [-0.25, -0.2) is 4.79 Å². The van der Waals surface area contributed by atoms with Gasteiger partial charge in [0, 0.05) is 11.5 Å². The number of ether oxygens (including phenoxy) is 1. The average molecular weight is 225 g/mol. The van der Waals surface area contributed by atoms with Gasteiger partial charge in [0.1, 0.15) is 0 Å². The van der Waals surface area contributed by atoms with E-state index in [0.29, 0.717) is 6.61 Å². The van der Waals surface area contributed by atoms with E-state index in [1.165, 1.54) is 0 Å². The molecule has 0 aliphatic heterocycles. The third kappa shape index (κ3) is 3.87. The number of allylic oxidation sites excluding steroid dienone is 2. The molecule has 0 aromatic heterocycles. The van der Waals surface area contributed by atoms with E-state index in [4.69, 9.17) is 4.74 Å². The number of carbonyl (C=O) groups is 1. The number of hydrogen-bond acceptors (Lipinski definition) is 2. The largest absolute Gasteiger partial charge is 0.449 e. The van der Waals surface area contributed by atoms with Crippen LogP contribution in [0, 0.1) is 5.41 Å². The Hall–Kier alpha value is -0.990. The number of rotatable bonds is 4. The summed E-state index contributed by atoms with van der Waals surface area (Å²) in [6.45, 7) is 6.57. The maximum Gasteiger partial charge on any atom is 0.407 e. The first-order valence-electron chi connectivity index (χ1n) is 6.16. The van der Waals surface area contributed by atoms with Crippen molar-refractivity contribution in [3.63, 3.8) is 0 Å². The van der Waals surface area contributed by atoms with E-state index < -0.39 is 0 Å². The number of nitrogens with one attached hydrogen (secondary N) is 1. The van der Waals surface area contributed by atoms with Gasteiger partial charge in [0.05, 0.1) is 6.61 Å². The van der Waals surface area contributed by atoms with Gasteiger partial charge in [-0.3, -0.25) is 0 Å². The summed E-state index contributed by atoms with van der Waals surface area (Å²) in [5.74, 6) is 0. The standard InChI is InChI=1S/C13H23NO2/c1-4-13(8-6-5-7-9-13)10-16-12(15)14-11(2)3/h5-6,11H,4,7-10H2,1-3H3,(H,14,15). The Kier molecular flexibility index (Phi) is 4.84. The van der Waals surface area contributed by atoms with Crippen molar-refractivity contribution in [3.05, 3.63) is 12.2 Å². The molecule has 0 radical (unpaired) electrons. The molecule has 92 valence electrons. The summed E-state index contributed by atoms with van der Waals surface area (Å²) < 4.78 is 5.30. The minimum Gasteiger partial charge on any atom is -0.449 e. The van der Waals surface area contributed by atoms with Gasteiger partial charge < -0.3 is 10.1 Å². The van der Waals surface area contributed by atoms with Gasteiger partial charge in [0.15, 0.2) is 0 Å². The zero-order valence-corrected chi connectivity index (χ0v) is 10.6. The van der Waals surface area contributed by atoms with Crippen LogP contribution < -0.4 is 5.32 Å². The Labute approximate surface area is 98.2 Å². The SMILES string of the molecule is CCC1(COC(=O)NC(C)C)CC=CCC1. The molecule has 0 heterocycles. The lowest BCUT2D eigenvalue weighted by Crippen LogP contribution is -2.35. The molecule has 0 spiro atoms. The molecule has 0 saturated heterocycles. The summed E-state index contributed by atoms with van der Waals surface area (Å²) in [4.78, 5) is 11.4.